The SMILES string of the molecule is Cl.O=C(NCC1CNCC1O)c1ccc(OCc2ccncc2)cc1. The maximum Gasteiger partial charge on any atom is 0.251 e. The van der Waals surface area contributed by atoms with Gasteiger partial charge in [-0.2, -0.15) is 0 Å². The van der Waals surface area contributed by atoms with Crippen LogP contribution in [0.3, 0.4) is 0 Å². The first-order valence-corrected chi connectivity index (χ1v) is 8.01. The van der Waals surface area contributed by atoms with Crippen LogP contribution in [0.1, 0.15) is 15.9 Å². The monoisotopic (exact) mass is 363 g/mol. The second kappa shape index (κ2) is 9.36. The number of aliphatic hydroxyl groups excluding tert-OH is 1. The largest absolute Gasteiger partial charge is 0.489 e. The number of ether oxygens (including phenoxy) is 1. The van der Waals surface area contributed by atoms with E-state index in [9.17, 15) is 9.90 Å². The van der Waals surface area contributed by atoms with Gasteiger partial charge in [0.15, 0.2) is 0 Å². The van der Waals surface area contributed by atoms with Crippen molar-refractivity contribution < 1.29 is 14.6 Å². The molecule has 2 aromatic rings. The lowest BCUT2D eigenvalue weighted by Crippen LogP contribution is -2.34. The summed E-state index contributed by atoms with van der Waals surface area (Å²) in [6.45, 7) is 2.24. The molecule has 1 aliphatic heterocycles. The molecule has 0 bridgehead atoms. The third-order valence-electron chi connectivity index (χ3n) is 4.10. The van der Waals surface area contributed by atoms with Crippen LogP contribution in [0.4, 0.5) is 0 Å². The molecule has 0 spiro atoms. The molecule has 2 unspecified atom stereocenters. The molecule has 0 saturated carbocycles. The first-order valence-electron chi connectivity index (χ1n) is 8.01. The van der Waals surface area contributed by atoms with Gasteiger partial charge < -0.3 is 20.5 Å². The highest BCUT2D eigenvalue weighted by Crippen LogP contribution is 2.14. The molecule has 1 aliphatic rings. The molecule has 3 rings (SSSR count). The lowest BCUT2D eigenvalue weighted by Gasteiger charge is -2.14. The number of hydrogen-bond donors (Lipinski definition) is 3. The van der Waals surface area contributed by atoms with Gasteiger partial charge in [0.2, 0.25) is 0 Å². The van der Waals surface area contributed by atoms with Gasteiger partial charge in [0.05, 0.1) is 6.10 Å². The molecule has 1 aromatic carbocycles. The lowest BCUT2D eigenvalue weighted by molar-refractivity contribution is 0.0927. The Labute approximate surface area is 153 Å². The number of β-amino-alcohol motifs (C(OH)–C–C–N with tert-alkyl or cyclic N) is 1. The smallest absolute Gasteiger partial charge is 0.251 e. The van der Waals surface area contributed by atoms with Crippen molar-refractivity contribution in [2.75, 3.05) is 19.6 Å². The average Bonchev–Trinajstić information content (AvgIpc) is 3.04. The number of carbonyl (C=O) groups is 1. The van der Waals surface area contributed by atoms with E-state index >= 15 is 0 Å². The van der Waals surface area contributed by atoms with Gasteiger partial charge in [-0.3, -0.25) is 9.78 Å². The summed E-state index contributed by atoms with van der Waals surface area (Å²) in [4.78, 5) is 16.1. The number of nitrogens with one attached hydrogen (secondary N) is 2. The van der Waals surface area contributed by atoms with Crippen LogP contribution >= 0.6 is 12.4 Å². The summed E-state index contributed by atoms with van der Waals surface area (Å²) >= 11 is 0. The van der Waals surface area contributed by atoms with Gasteiger partial charge >= 0.3 is 0 Å². The third kappa shape index (κ3) is 5.42. The number of benzene rings is 1. The molecule has 3 N–H and O–H groups in total. The van der Waals surface area contributed by atoms with Gasteiger partial charge in [0.1, 0.15) is 12.4 Å². The number of halogens is 1. The summed E-state index contributed by atoms with van der Waals surface area (Å²) in [6.07, 6.45) is 3.06. The van der Waals surface area contributed by atoms with Gasteiger partial charge in [-0.15, -0.1) is 12.4 Å². The predicted octanol–water partition coefficient (Wildman–Crippen LogP) is 1.39. The zero-order valence-electron chi connectivity index (χ0n) is 13.7. The van der Waals surface area contributed by atoms with Crippen LogP contribution in [-0.4, -0.2) is 41.7 Å². The van der Waals surface area contributed by atoms with Crippen LogP contribution in [-0.2, 0) is 6.61 Å². The molecule has 1 aromatic heterocycles. The summed E-state index contributed by atoms with van der Waals surface area (Å²) in [5, 5.41) is 15.7. The molecular weight excluding hydrogens is 342 g/mol. The van der Waals surface area contributed by atoms with Crippen molar-refractivity contribution >= 4 is 18.3 Å². The Bertz CT molecular complexity index is 667. The highest BCUT2D eigenvalue weighted by atomic mass is 35.5. The second-order valence-corrected chi connectivity index (χ2v) is 5.86. The Morgan fingerprint density at radius 2 is 1.92 bits per heavy atom. The normalized spacial score (nSPS) is 19.1. The molecule has 2 heterocycles. The van der Waals surface area contributed by atoms with Gasteiger partial charge in [-0.1, -0.05) is 0 Å². The molecule has 1 amide bonds. The average molecular weight is 364 g/mol. The number of amides is 1. The van der Waals surface area contributed by atoms with Gasteiger partial charge in [0.25, 0.3) is 5.91 Å². The fourth-order valence-electron chi connectivity index (χ4n) is 2.60. The maximum atomic E-state index is 12.1. The van der Waals surface area contributed by atoms with Crippen molar-refractivity contribution in [1.82, 2.24) is 15.6 Å². The minimum absolute atomic E-state index is 0. The van der Waals surface area contributed by atoms with Crippen molar-refractivity contribution in [1.29, 1.82) is 0 Å². The molecule has 134 valence electrons. The Balaban J connectivity index is 0.00000225. The number of carbonyl (C=O) groups excluding carboxylic acids is 1. The zero-order chi connectivity index (χ0) is 16.8. The minimum Gasteiger partial charge on any atom is -0.489 e. The first-order chi connectivity index (χ1) is 11.7. The fraction of sp³-hybridized carbons (Fsp3) is 0.333. The van der Waals surface area contributed by atoms with Crippen LogP contribution in [0.2, 0.25) is 0 Å². The predicted molar refractivity (Wildman–Crippen MR) is 97.0 cm³/mol. The summed E-state index contributed by atoms with van der Waals surface area (Å²) in [6, 6.07) is 10.8. The molecule has 2 atom stereocenters. The van der Waals surface area contributed by atoms with Crippen molar-refractivity contribution in [3.63, 3.8) is 0 Å². The van der Waals surface area contributed by atoms with Crippen molar-refractivity contribution in [2.45, 2.75) is 12.7 Å². The maximum absolute atomic E-state index is 12.1. The molecule has 7 heteroatoms. The van der Waals surface area contributed by atoms with Gasteiger partial charge in [-0.05, 0) is 42.0 Å². The van der Waals surface area contributed by atoms with Gasteiger partial charge in [-0.25, -0.2) is 0 Å². The highest BCUT2D eigenvalue weighted by Gasteiger charge is 2.25. The number of aliphatic hydroxyl groups is 1. The molecule has 1 fully saturated rings. The van der Waals surface area contributed by atoms with E-state index in [0.717, 1.165) is 12.1 Å². The van der Waals surface area contributed by atoms with E-state index in [1.54, 1.807) is 36.7 Å². The number of nitrogens with zero attached hydrogens (tertiary/aromatic N) is 1. The first kappa shape index (κ1) is 19.2. The van der Waals surface area contributed by atoms with E-state index in [1.165, 1.54) is 0 Å². The fourth-order valence-corrected chi connectivity index (χ4v) is 2.60. The highest BCUT2D eigenvalue weighted by molar-refractivity contribution is 5.94. The van der Waals surface area contributed by atoms with E-state index in [4.69, 9.17) is 4.74 Å². The summed E-state index contributed by atoms with van der Waals surface area (Å²) in [5.74, 6) is 0.630. The minimum atomic E-state index is -0.394. The zero-order valence-corrected chi connectivity index (χ0v) is 14.5. The van der Waals surface area contributed by atoms with Crippen molar-refractivity contribution in [3.8, 4) is 5.75 Å². The number of aromatic nitrogens is 1. The molecule has 0 radical (unpaired) electrons. The van der Waals surface area contributed by atoms with Gasteiger partial charge in [0, 0.05) is 43.5 Å². The Kier molecular flexibility index (Phi) is 7.18. The Morgan fingerprint density at radius 1 is 1.20 bits per heavy atom. The number of rotatable bonds is 6. The lowest BCUT2D eigenvalue weighted by atomic mass is 10.1. The summed E-state index contributed by atoms with van der Waals surface area (Å²) < 4.78 is 5.68. The molecule has 0 aliphatic carbocycles. The molecule has 25 heavy (non-hydrogen) atoms. The van der Waals surface area contributed by atoms with Crippen molar-refractivity contribution in [3.05, 3.63) is 59.9 Å². The topological polar surface area (TPSA) is 83.5 Å². The van der Waals surface area contributed by atoms with E-state index in [2.05, 4.69) is 15.6 Å². The van der Waals surface area contributed by atoms with Crippen LogP contribution in [0.5, 0.6) is 5.75 Å². The van der Waals surface area contributed by atoms with Crippen LogP contribution in [0.25, 0.3) is 0 Å². The molecule has 6 nitrogen and oxygen atoms in total. The van der Waals surface area contributed by atoms with Crippen LogP contribution < -0.4 is 15.4 Å². The number of hydrogen-bond acceptors (Lipinski definition) is 5. The third-order valence-corrected chi connectivity index (χ3v) is 4.10. The standard InChI is InChI=1S/C18H21N3O3.ClH/c22-17-11-20-9-15(17)10-21-18(23)14-1-3-16(4-2-14)24-12-13-5-7-19-8-6-13;/h1-8,15,17,20,22H,9-12H2,(H,21,23);1H. The summed E-state index contributed by atoms with van der Waals surface area (Å²) in [5.41, 5.74) is 1.61. The van der Waals surface area contributed by atoms with Crippen LogP contribution in [0, 0.1) is 5.92 Å². The quantitative estimate of drug-likeness (QED) is 0.722. The van der Waals surface area contributed by atoms with E-state index in [1.807, 2.05) is 12.1 Å². The number of pyridine rings is 1. The second-order valence-electron chi connectivity index (χ2n) is 5.86. The molecule has 1 saturated heterocycles. The van der Waals surface area contributed by atoms with Crippen molar-refractivity contribution in [2.24, 2.45) is 5.92 Å². The Morgan fingerprint density at radius 3 is 2.56 bits per heavy atom. The van der Waals surface area contributed by atoms with E-state index in [0.29, 0.717) is 31.0 Å². The van der Waals surface area contributed by atoms with E-state index in [-0.39, 0.29) is 24.2 Å². The van der Waals surface area contributed by atoms with E-state index < -0.39 is 6.10 Å². The Hall–Kier alpha value is -2.15. The molecular formula is C18H22ClN3O3. The van der Waals surface area contributed by atoms with Crippen LogP contribution in [0.15, 0.2) is 48.8 Å². The summed E-state index contributed by atoms with van der Waals surface area (Å²) in [7, 11) is 0.